The lowest BCUT2D eigenvalue weighted by Crippen LogP contribution is -2.53. The minimum atomic E-state index is -1.43. The number of carbonyl (C=O) groups excluding carboxylic acids is 2. The molecule has 0 saturated heterocycles. The van der Waals surface area contributed by atoms with Crippen LogP contribution in [0.5, 0.6) is 0 Å². The number of amides is 1. The lowest BCUT2D eigenvalue weighted by atomic mass is 10.0. The van der Waals surface area contributed by atoms with Crippen LogP contribution in [0.2, 0.25) is 0 Å². The van der Waals surface area contributed by atoms with Crippen molar-refractivity contribution in [1.29, 1.82) is 0 Å². The Morgan fingerprint density at radius 3 is 2.40 bits per heavy atom. The number of ether oxygens (including phenoxy) is 2. The Morgan fingerprint density at radius 1 is 1.30 bits per heavy atom. The number of nitrogens with one attached hydrogen (secondary N) is 2. The minimum absolute atomic E-state index is 0.0337. The van der Waals surface area contributed by atoms with Gasteiger partial charge in [0.25, 0.3) is 0 Å². The number of aliphatic carboxylic acids is 1. The smallest absolute Gasteiger partial charge is 0.421 e. The Morgan fingerprint density at radius 2 is 1.95 bits per heavy atom. The second-order valence-electron chi connectivity index (χ2n) is 3.49. The molecule has 0 rings (SSSR count). The van der Waals surface area contributed by atoms with Gasteiger partial charge in [-0.25, -0.2) is 10.2 Å². The van der Waals surface area contributed by atoms with Crippen LogP contribution in [-0.4, -0.2) is 42.4 Å². The maximum Gasteiger partial charge on any atom is 0.421 e. The van der Waals surface area contributed by atoms with Gasteiger partial charge in [0.2, 0.25) is 0 Å². The van der Waals surface area contributed by atoms with E-state index in [2.05, 4.69) is 23.3 Å². The molecular weight excluding hydrogens is 268 g/mol. The van der Waals surface area contributed by atoms with Crippen molar-refractivity contribution in [2.24, 2.45) is 5.92 Å². The van der Waals surface area contributed by atoms with Gasteiger partial charge in [-0.2, -0.15) is 0 Å². The fraction of sp³-hybridized carbons (Fsp3) is 0.417. The molecule has 0 unspecified atom stereocenters. The number of carboxylic acids is 1. The molecule has 0 fully saturated rings. The van der Waals surface area contributed by atoms with E-state index in [4.69, 9.17) is 9.84 Å². The van der Waals surface area contributed by atoms with Gasteiger partial charge in [-0.3, -0.25) is 15.0 Å². The first kappa shape index (κ1) is 17.6. The van der Waals surface area contributed by atoms with E-state index in [1.165, 1.54) is 6.08 Å². The number of carbonyl (C=O) groups is 3. The molecule has 1 amide bonds. The molecule has 3 N–H and O–H groups in total. The van der Waals surface area contributed by atoms with Crippen LogP contribution in [0.4, 0.5) is 4.79 Å². The van der Waals surface area contributed by atoms with Crippen molar-refractivity contribution in [2.75, 3.05) is 13.2 Å². The predicted octanol–water partition coefficient (Wildman–Crippen LogP) is 0.222. The Kier molecular flexibility index (Phi) is 8.44. The molecule has 0 aliphatic carbocycles. The van der Waals surface area contributed by atoms with E-state index in [-0.39, 0.29) is 13.2 Å². The fourth-order valence-corrected chi connectivity index (χ4v) is 1.22. The molecule has 0 aromatic rings. The molecule has 0 saturated carbocycles. The summed E-state index contributed by atoms with van der Waals surface area (Å²) in [6.07, 6.45) is 1.57. The highest BCUT2D eigenvalue weighted by Gasteiger charge is 2.33. The lowest BCUT2D eigenvalue weighted by molar-refractivity contribution is -0.153. The zero-order valence-corrected chi connectivity index (χ0v) is 11.1. The summed E-state index contributed by atoms with van der Waals surface area (Å²) in [5.74, 6) is -3.28. The van der Waals surface area contributed by atoms with Crippen molar-refractivity contribution in [3.8, 4) is 0 Å². The number of esters is 1. The van der Waals surface area contributed by atoms with Crippen LogP contribution >= 0.6 is 0 Å². The first-order valence-corrected chi connectivity index (χ1v) is 5.79. The summed E-state index contributed by atoms with van der Waals surface area (Å²) < 4.78 is 9.30. The van der Waals surface area contributed by atoms with E-state index in [1.54, 1.807) is 6.92 Å². The summed E-state index contributed by atoms with van der Waals surface area (Å²) in [4.78, 5) is 33.8. The van der Waals surface area contributed by atoms with E-state index >= 15 is 0 Å². The average molecular weight is 286 g/mol. The van der Waals surface area contributed by atoms with E-state index in [0.717, 1.165) is 6.08 Å². The summed E-state index contributed by atoms with van der Waals surface area (Å²) in [6, 6.07) is -1.43. The molecule has 0 radical (unpaired) electrons. The summed E-state index contributed by atoms with van der Waals surface area (Å²) >= 11 is 0. The fourth-order valence-electron chi connectivity index (χ4n) is 1.22. The SMILES string of the molecule is C=CCOC(=O)NN[C@H](C(=O)O)[C@@H](C=C)C(=O)OCC. The molecule has 8 heteroatoms. The van der Waals surface area contributed by atoms with Gasteiger partial charge in [-0.1, -0.05) is 18.7 Å². The predicted molar refractivity (Wildman–Crippen MR) is 69.6 cm³/mol. The Labute approximate surface area is 116 Å². The van der Waals surface area contributed by atoms with Crippen LogP contribution in [-0.2, 0) is 19.1 Å². The van der Waals surface area contributed by atoms with Gasteiger partial charge in [-0.05, 0) is 6.92 Å². The molecule has 0 aliphatic heterocycles. The second kappa shape index (κ2) is 9.56. The molecule has 0 aliphatic rings. The third kappa shape index (κ3) is 6.01. The van der Waals surface area contributed by atoms with Crippen LogP contribution in [0.15, 0.2) is 25.3 Å². The van der Waals surface area contributed by atoms with Crippen molar-refractivity contribution >= 4 is 18.0 Å². The quantitative estimate of drug-likeness (QED) is 0.315. The summed E-state index contributed by atoms with van der Waals surface area (Å²) in [7, 11) is 0. The third-order valence-corrected chi connectivity index (χ3v) is 2.10. The largest absolute Gasteiger partial charge is 0.480 e. The molecule has 0 spiro atoms. The highest BCUT2D eigenvalue weighted by Crippen LogP contribution is 2.08. The van der Waals surface area contributed by atoms with E-state index in [1.807, 2.05) is 5.43 Å². The van der Waals surface area contributed by atoms with Crippen molar-refractivity contribution in [1.82, 2.24) is 10.9 Å². The van der Waals surface area contributed by atoms with E-state index in [9.17, 15) is 14.4 Å². The Hall–Kier alpha value is -2.35. The highest BCUT2D eigenvalue weighted by molar-refractivity contribution is 5.85. The Balaban J connectivity index is 4.65. The summed E-state index contributed by atoms with van der Waals surface area (Å²) in [5.41, 5.74) is 4.20. The monoisotopic (exact) mass is 286 g/mol. The zero-order chi connectivity index (χ0) is 15.5. The number of carboxylic acid groups (broad SMARTS) is 1. The minimum Gasteiger partial charge on any atom is -0.480 e. The molecule has 0 aromatic heterocycles. The van der Waals surface area contributed by atoms with Gasteiger partial charge in [0.05, 0.1) is 6.61 Å². The van der Waals surface area contributed by atoms with Gasteiger partial charge in [0.1, 0.15) is 18.6 Å². The van der Waals surface area contributed by atoms with Crippen molar-refractivity contribution in [3.05, 3.63) is 25.3 Å². The van der Waals surface area contributed by atoms with E-state index in [0.29, 0.717) is 0 Å². The lowest BCUT2D eigenvalue weighted by Gasteiger charge is -2.20. The van der Waals surface area contributed by atoms with Crippen LogP contribution in [0.1, 0.15) is 6.92 Å². The summed E-state index contributed by atoms with van der Waals surface area (Å²) in [6.45, 7) is 8.39. The molecule has 112 valence electrons. The van der Waals surface area contributed by atoms with Gasteiger partial charge in [0.15, 0.2) is 0 Å². The Bertz CT molecular complexity index is 382. The molecular formula is C12H18N2O6. The molecule has 2 atom stereocenters. The molecule has 20 heavy (non-hydrogen) atoms. The molecule has 0 bridgehead atoms. The molecule has 0 aromatic carbocycles. The normalized spacial score (nSPS) is 12.7. The van der Waals surface area contributed by atoms with Gasteiger partial charge < -0.3 is 14.6 Å². The van der Waals surface area contributed by atoms with Crippen molar-refractivity contribution < 1.29 is 29.0 Å². The summed E-state index contributed by atoms with van der Waals surface area (Å²) in [5, 5.41) is 9.05. The van der Waals surface area contributed by atoms with Crippen LogP contribution in [0.25, 0.3) is 0 Å². The van der Waals surface area contributed by atoms with Crippen molar-refractivity contribution in [3.63, 3.8) is 0 Å². The molecule has 0 heterocycles. The second-order valence-corrected chi connectivity index (χ2v) is 3.49. The van der Waals surface area contributed by atoms with Crippen molar-refractivity contribution in [2.45, 2.75) is 13.0 Å². The first-order valence-electron chi connectivity index (χ1n) is 5.79. The van der Waals surface area contributed by atoms with Gasteiger partial charge >= 0.3 is 18.0 Å². The zero-order valence-electron chi connectivity index (χ0n) is 11.1. The van der Waals surface area contributed by atoms with Gasteiger partial charge in [0, 0.05) is 0 Å². The number of hydrazine groups is 1. The maximum absolute atomic E-state index is 11.6. The van der Waals surface area contributed by atoms with Crippen LogP contribution < -0.4 is 10.9 Å². The maximum atomic E-state index is 11.6. The van der Waals surface area contributed by atoms with Crippen LogP contribution in [0, 0.1) is 5.92 Å². The number of hydrogen-bond acceptors (Lipinski definition) is 6. The topological polar surface area (TPSA) is 114 Å². The average Bonchev–Trinajstić information content (AvgIpc) is 2.40. The standard InChI is InChI=1S/C12H18N2O6/c1-4-7-20-12(18)14-13-9(10(15)16)8(5-2)11(17)19-6-3/h4-5,8-9,13H,1-2,6-7H2,3H3,(H,14,18)(H,15,16)/t8-,9+/m1/s1. The first-order chi connectivity index (χ1) is 9.47. The molecule has 8 nitrogen and oxygen atoms in total. The third-order valence-electron chi connectivity index (χ3n) is 2.10. The van der Waals surface area contributed by atoms with E-state index < -0.39 is 30.0 Å². The van der Waals surface area contributed by atoms with Crippen LogP contribution in [0.3, 0.4) is 0 Å². The highest BCUT2D eigenvalue weighted by atomic mass is 16.6. The number of hydrogen-bond donors (Lipinski definition) is 3. The van der Waals surface area contributed by atoms with Gasteiger partial charge in [-0.15, -0.1) is 6.58 Å². The number of rotatable bonds is 9.